The van der Waals surface area contributed by atoms with Crippen molar-refractivity contribution >= 4 is 34.7 Å². The van der Waals surface area contributed by atoms with Crippen LogP contribution in [-0.4, -0.2) is 166 Å². The summed E-state index contributed by atoms with van der Waals surface area (Å²) in [5.41, 5.74) is -30.4. The molecule has 0 amide bonds. The van der Waals surface area contributed by atoms with Crippen LogP contribution in [0.5, 0.6) is 86.2 Å². The highest BCUT2D eigenvalue weighted by molar-refractivity contribution is 6.52. The molecule has 0 fully saturated rings. The molecule has 352 valence electrons. The minimum atomic E-state index is -5.86. The fourth-order valence-electron chi connectivity index (χ4n) is 6.86. The predicted molar refractivity (Wildman–Crippen MR) is 211 cm³/mol. The number of hydrogen-bond donors (Lipinski definition) is 20. The first-order chi connectivity index (χ1) is 30.9. The number of Topliss-reactive ketones (excluding diaryl/α,β-unsaturated/α-hetero) is 6. The van der Waals surface area contributed by atoms with Crippen LogP contribution in [0.25, 0.3) is 0 Å². The van der Waals surface area contributed by atoms with Gasteiger partial charge in [0.2, 0.25) is 51.5 Å². The molecule has 0 spiro atoms. The third-order valence-electron chi connectivity index (χ3n) is 10.4. The second-order valence-corrected chi connectivity index (χ2v) is 14.4. The predicted octanol–water partition coefficient (Wildman–Crippen LogP) is -1.53. The number of phenolic OH excluding ortho intramolecular Hbond substituents is 15. The average molecular weight is 941 g/mol. The summed E-state index contributed by atoms with van der Waals surface area (Å²) in [7, 11) is 0. The lowest BCUT2D eigenvalue weighted by Crippen LogP contribution is -2.86. The second-order valence-electron chi connectivity index (χ2n) is 14.4. The standard InChI is InChI=1S/C41H32O26/c42-11-38(64,33(59)13-3-19(45)29(55)20(46)4-13)40(66,35(61)15-7-23(49)31(57)24(50)8-15)41(67,36(62)16-9-25(51)32(58)26(52)10-16)39(65,34(60)14-5-21(47)30(56)22(48)6-14)37(63)27(53)12-1-17(43)28(54)18(44)2-12/h1-10,42-52,54-58,64-67H,11H2/t38-,39-,40-,41+/m0/s1. The van der Waals surface area contributed by atoms with Crippen molar-refractivity contribution < 1.29 is 131 Å². The Hall–Kier alpha value is -9.08. The van der Waals surface area contributed by atoms with Crippen LogP contribution in [0.15, 0.2) is 60.7 Å². The largest absolute Gasteiger partial charge is 0.504 e. The molecule has 5 aromatic carbocycles. The molecule has 5 rings (SSSR count). The van der Waals surface area contributed by atoms with Crippen LogP contribution in [-0.2, 0) is 4.79 Å². The first kappa shape index (κ1) is 48.9. The second kappa shape index (κ2) is 16.5. The Bertz CT molecular complexity index is 2880. The molecule has 0 unspecified atom stereocenters. The van der Waals surface area contributed by atoms with E-state index in [0.717, 1.165) is 0 Å². The van der Waals surface area contributed by atoms with Crippen LogP contribution >= 0.6 is 0 Å². The molecule has 0 saturated heterocycles. The summed E-state index contributed by atoms with van der Waals surface area (Å²) in [6, 6.07) is 0.104. The Kier molecular flexibility index (Phi) is 12.0. The number of carbonyl (C=O) groups excluding carboxylic acids is 6. The molecule has 0 bridgehead atoms. The highest BCUT2D eigenvalue weighted by Gasteiger charge is 2.82. The van der Waals surface area contributed by atoms with Crippen molar-refractivity contribution in [3.63, 3.8) is 0 Å². The molecule has 0 aliphatic carbocycles. The highest BCUT2D eigenvalue weighted by Crippen LogP contribution is 2.51. The molecule has 26 nitrogen and oxygen atoms in total. The first-order valence-corrected chi connectivity index (χ1v) is 17.9. The first-order valence-electron chi connectivity index (χ1n) is 17.9. The van der Waals surface area contributed by atoms with Gasteiger partial charge in [0.05, 0.1) is 6.61 Å². The number of ketones is 6. The summed E-state index contributed by atoms with van der Waals surface area (Å²) in [6.07, 6.45) is 0. The lowest BCUT2D eigenvalue weighted by atomic mass is 9.54. The van der Waals surface area contributed by atoms with E-state index in [0.29, 0.717) is 0 Å². The van der Waals surface area contributed by atoms with E-state index in [2.05, 4.69) is 0 Å². The number of benzene rings is 5. The van der Waals surface area contributed by atoms with E-state index in [-0.39, 0.29) is 60.7 Å². The van der Waals surface area contributed by atoms with Crippen LogP contribution in [0.3, 0.4) is 0 Å². The molecule has 0 aliphatic heterocycles. The van der Waals surface area contributed by atoms with Crippen LogP contribution in [0.1, 0.15) is 51.8 Å². The van der Waals surface area contributed by atoms with Crippen molar-refractivity contribution in [1.29, 1.82) is 0 Å². The Morgan fingerprint density at radius 1 is 0.328 bits per heavy atom. The minimum Gasteiger partial charge on any atom is -0.504 e. The summed E-state index contributed by atoms with van der Waals surface area (Å²) >= 11 is 0. The summed E-state index contributed by atoms with van der Waals surface area (Å²) in [4.78, 5) is 89.1. The van der Waals surface area contributed by atoms with Crippen LogP contribution in [0, 0.1) is 0 Å². The molecule has 4 atom stereocenters. The molecule has 0 radical (unpaired) electrons. The van der Waals surface area contributed by atoms with Gasteiger partial charge < -0.3 is 102 Å². The number of aliphatic hydroxyl groups excluding tert-OH is 1. The van der Waals surface area contributed by atoms with Crippen LogP contribution in [0.4, 0.5) is 0 Å². The molecule has 0 saturated carbocycles. The van der Waals surface area contributed by atoms with Crippen molar-refractivity contribution in [3.05, 3.63) is 88.5 Å². The number of carbonyl (C=O) groups is 6. The Morgan fingerprint density at radius 2 is 0.552 bits per heavy atom. The highest BCUT2D eigenvalue weighted by atomic mass is 16.4. The Labute approximate surface area is 369 Å². The third-order valence-corrected chi connectivity index (χ3v) is 10.4. The van der Waals surface area contributed by atoms with E-state index in [4.69, 9.17) is 0 Å². The minimum absolute atomic E-state index is 0.0241. The van der Waals surface area contributed by atoms with E-state index in [1.54, 1.807) is 0 Å². The Balaban J connectivity index is 2.13. The molecule has 26 heteroatoms. The summed E-state index contributed by atoms with van der Waals surface area (Å²) in [6.45, 7) is -2.69. The maximum Gasteiger partial charge on any atom is 0.246 e. The van der Waals surface area contributed by atoms with E-state index in [1.165, 1.54) is 0 Å². The van der Waals surface area contributed by atoms with Gasteiger partial charge in [-0.1, -0.05) is 0 Å². The van der Waals surface area contributed by atoms with Crippen molar-refractivity contribution in [2.75, 3.05) is 6.61 Å². The maximum absolute atomic E-state index is 15.3. The zero-order valence-electron chi connectivity index (χ0n) is 32.9. The number of aliphatic hydroxyl groups is 5. The smallest absolute Gasteiger partial charge is 0.246 e. The molecule has 5 aromatic rings. The summed E-state index contributed by atoms with van der Waals surface area (Å²) < 4.78 is 0. The number of rotatable bonds is 15. The molecule has 67 heavy (non-hydrogen) atoms. The number of aromatic hydroxyl groups is 15. The van der Waals surface area contributed by atoms with Gasteiger partial charge in [-0.3, -0.25) is 28.8 Å². The van der Waals surface area contributed by atoms with Crippen LogP contribution in [0.2, 0.25) is 0 Å². The van der Waals surface area contributed by atoms with Gasteiger partial charge in [0.25, 0.3) is 0 Å². The van der Waals surface area contributed by atoms with Crippen molar-refractivity contribution in [2.24, 2.45) is 0 Å². The fourth-order valence-corrected chi connectivity index (χ4v) is 6.86. The summed E-state index contributed by atoms with van der Waals surface area (Å²) in [5, 5.41) is 216. The van der Waals surface area contributed by atoms with Gasteiger partial charge in [-0.05, 0) is 60.7 Å². The van der Waals surface area contributed by atoms with Crippen molar-refractivity contribution in [2.45, 2.75) is 22.4 Å². The van der Waals surface area contributed by atoms with Crippen molar-refractivity contribution in [3.8, 4) is 86.2 Å². The lowest BCUT2D eigenvalue weighted by Gasteiger charge is -2.53. The Morgan fingerprint density at radius 3 is 0.821 bits per heavy atom. The molecule has 0 aliphatic rings. The van der Waals surface area contributed by atoms with Crippen LogP contribution < -0.4 is 0 Å². The average Bonchev–Trinajstić information content (AvgIpc) is 3.28. The van der Waals surface area contributed by atoms with Gasteiger partial charge in [-0.25, -0.2) is 0 Å². The topological polar surface area (TPSA) is 507 Å². The molecule has 20 N–H and O–H groups in total. The van der Waals surface area contributed by atoms with Gasteiger partial charge in [0.1, 0.15) is 0 Å². The van der Waals surface area contributed by atoms with E-state index >= 15 is 9.59 Å². The summed E-state index contributed by atoms with van der Waals surface area (Å²) in [5.74, 6) is -40.1. The van der Waals surface area contributed by atoms with Gasteiger partial charge in [-0.15, -0.1) is 0 Å². The van der Waals surface area contributed by atoms with E-state index in [9.17, 15) is 121 Å². The van der Waals surface area contributed by atoms with Gasteiger partial charge in [0.15, 0.2) is 91.8 Å². The molecular weight excluding hydrogens is 908 g/mol. The van der Waals surface area contributed by atoms with E-state index in [1.807, 2.05) is 0 Å². The third kappa shape index (κ3) is 7.15. The van der Waals surface area contributed by atoms with Gasteiger partial charge in [0, 0.05) is 27.8 Å². The normalized spacial score (nSPS) is 14.9. The van der Waals surface area contributed by atoms with Gasteiger partial charge >= 0.3 is 0 Å². The van der Waals surface area contributed by atoms with E-state index < -0.39 is 178 Å². The quantitative estimate of drug-likeness (QED) is 0.0245. The maximum atomic E-state index is 15.3. The molecule has 0 aromatic heterocycles. The number of phenols is 15. The molecule has 0 heterocycles. The SMILES string of the molecule is O=C(C(=O)[C@@](O)(C(=O)c1cc(O)c(O)c(O)c1)[C@](O)(C(=O)c1cc(O)c(O)c(O)c1)[C@](O)(C(=O)c1cc(O)c(O)c(O)c1)[C@](O)(CO)C(=O)c1cc(O)c(O)c(O)c1)c1cc(O)c(O)c(O)c1. The van der Waals surface area contributed by atoms with Crippen molar-refractivity contribution in [1.82, 2.24) is 0 Å². The zero-order valence-corrected chi connectivity index (χ0v) is 32.9. The lowest BCUT2D eigenvalue weighted by molar-refractivity contribution is -0.230. The van der Waals surface area contributed by atoms with Gasteiger partial charge in [-0.2, -0.15) is 0 Å². The monoisotopic (exact) mass is 940 g/mol. The fraction of sp³-hybridized carbons (Fsp3) is 0.122. The number of hydrogen-bond acceptors (Lipinski definition) is 26. The zero-order chi connectivity index (χ0) is 50.8. The molecular formula is C41H32O26.